The second-order valence-corrected chi connectivity index (χ2v) is 18.2. The second-order valence-electron chi connectivity index (χ2n) is 18.2. The lowest BCUT2D eigenvalue weighted by Gasteiger charge is -2.69. The van der Waals surface area contributed by atoms with Crippen LogP contribution in [0.2, 0.25) is 0 Å². The van der Waals surface area contributed by atoms with Crippen molar-refractivity contribution in [1.82, 2.24) is 0 Å². The number of hydrogen-bond donors (Lipinski definition) is 0. The molecule has 4 aliphatic carbocycles. The van der Waals surface area contributed by atoms with Gasteiger partial charge >= 0.3 is 5.97 Å². The topological polar surface area (TPSA) is 44.8 Å². The largest absolute Gasteiger partial charge is 0.462 e. The van der Waals surface area contributed by atoms with Crippen LogP contribution in [0.25, 0.3) is 0 Å². The van der Waals surface area contributed by atoms with Crippen LogP contribution >= 0.6 is 0 Å². The van der Waals surface area contributed by atoms with E-state index in [9.17, 15) is 4.79 Å². The van der Waals surface area contributed by atoms with Gasteiger partial charge in [0.2, 0.25) is 0 Å². The molecule has 282 valence electrons. The predicted molar refractivity (Wildman–Crippen MR) is 207 cm³/mol. The SMILES string of the molecule is CCCCCC=CCC=CCCCCCCCC(=O)OC1CC[C@]2(C)C3CC[C@@]4(C)C(CC[C@@H]4[C@H](C)C=C[C@H](C)C(C)C)C34C=CC2(C1)OO4. The van der Waals surface area contributed by atoms with Crippen LogP contribution in [0.1, 0.15) is 170 Å². The Balaban J connectivity index is 1.06. The molecule has 3 saturated carbocycles. The average molecular weight is 691 g/mol. The van der Waals surface area contributed by atoms with E-state index in [4.69, 9.17) is 14.5 Å². The van der Waals surface area contributed by atoms with Gasteiger partial charge in [0.1, 0.15) is 17.3 Å². The smallest absolute Gasteiger partial charge is 0.306 e. The Kier molecular flexibility index (Phi) is 13.8. The average Bonchev–Trinajstić information content (AvgIpc) is 3.46. The molecule has 2 heterocycles. The molecule has 10 atom stereocenters. The summed E-state index contributed by atoms with van der Waals surface area (Å²) in [6, 6.07) is 0. The van der Waals surface area contributed by atoms with Gasteiger partial charge in [0.25, 0.3) is 0 Å². The van der Waals surface area contributed by atoms with Crippen molar-refractivity contribution in [3.05, 3.63) is 48.6 Å². The zero-order valence-corrected chi connectivity index (χ0v) is 33.2. The van der Waals surface area contributed by atoms with Gasteiger partial charge in [-0.15, -0.1) is 0 Å². The van der Waals surface area contributed by atoms with Crippen molar-refractivity contribution in [1.29, 1.82) is 0 Å². The van der Waals surface area contributed by atoms with Crippen molar-refractivity contribution < 1.29 is 19.3 Å². The lowest BCUT2D eigenvalue weighted by molar-refractivity contribution is -0.497. The number of carbonyl (C=O) groups excluding carboxylic acids is 1. The standard InChI is InChI=1S/C46H74O4/c1-8-9-10-11-12-13-14-15-16-17-18-19-20-21-22-23-42(47)48-38-28-31-44(7)41-29-30-43(6)39(37(5)25-24-36(4)35(2)3)26-27-40(43)46(41)33-32-45(44,34-38)49-50-46/h12-13,15-16,24-25,32-33,35-41H,8-11,14,17-23,26-31,34H2,1-7H3/t36-,37+,38?,39+,40?,41?,43+,44+,45?,46?/m0/s1. The molecular weight excluding hydrogens is 617 g/mol. The van der Waals surface area contributed by atoms with E-state index in [0.29, 0.717) is 48.3 Å². The normalized spacial score (nSPS) is 37.4. The summed E-state index contributed by atoms with van der Waals surface area (Å²) in [5.41, 5.74) is -0.591. The van der Waals surface area contributed by atoms with E-state index >= 15 is 0 Å². The van der Waals surface area contributed by atoms with Crippen molar-refractivity contribution in [2.24, 2.45) is 46.3 Å². The molecule has 0 amide bonds. The van der Waals surface area contributed by atoms with E-state index in [1.54, 1.807) is 0 Å². The van der Waals surface area contributed by atoms with Gasteiger partial charge in [-0.2, -0.15) is 0 Å². The molecular formula is C46H74O4. The van der Waals surface area contributed by atoms with Gasteiger partial charge in [-0.25, -0.2) is 9.78 Å². The van der Waals surface area contributed by atoms with Gasteiger partial charge in [0.15, 0.2) is 0 Å². The van der Waals surface area contributed by atoms with Gasteiger partial charge in [-0.05, 0) is 112 Å². The number of unbranched alkanes of at least 4 members (excludes halogenated alkanes) is 8. The summed E-state index contributed by atoms with van der Waals surface area (Å²) >= 11 is 0. The van der Waals surface area contributed by atoms with E-state index in [-0.39, 0.29) is 28.5 Å². The van der Waals surface area contributed by atoms with E-state index < -0.39 is 5.60 Å². The van der Waals surface area contributed by atoms with Gasteiger partial charge in [-0.1, -0.05) is 123 Å². The molecule has 6 aliphatic rings. The number of rotatable bonds is 19. The fourth-order valence-corrected chi connectivity index (χ4v) is 11.1. The maximum atomic E-state index is 12.9. The maximum Gasteiger partial charge on any atom is 0.306 e. The molecule has 4 nitrogen and oxygen atoms in total. The number of fused-ring (bicyclic) bond motifs is 2. The molecule has 0 aromatic heterocycles. The minimum Gasteiger partial charge on any atom is -0.462 e. The molecule has 2 bridgehead atoms. The number of hydrogen-bond acceptors (Lipinski definition) is 4. The second kappa shape index (κ2) is 17.5. The number of allylic oxidation sites excluding steroid dienone is 6. The Morgan fingerprint density at radius 2 is 1.52 bits per heavy atom. The lowest BCUT2D eigenvalue weighted by Crippen LogP contribution is -2.73. The van der Waals surface area contributed by atoms with Crippen molar-refractivity contribution in [3.63, 3.8) is 0 Å². The van der Waals surface area contributed by atoms with E-state index in [1.807, 2.05) is 0 Å². The highest BCUT2D eigenvalue weighted by Gasteiger charge is 2.74. The van der Waals surface area contributed by atoms with Crippen LogP contribution in [0, 0.1) is 46.3 Å². The van der Waals surface area contributed by atoms with Gasteiger partial charge < -0.3 is 4.74 Å². The summed E-state index contributed by atoms with van der Waals surface area (Å²) in [6.45, 7) is 16.7. The molecule has 0 N–H and O–H groups in total. The van der Waals surface area contributed by atoms with E-state index in [0.717, 1.165) is 38.5 Å². The Morgan fingerprint density at radius 3 is 2.22 bits per heavy atom. The highest BCUT2D eigenvalue weighted by molar-refractivity contribution is 5.69. The number of ether oxygens (including phenoxy) is 1. The Hall–Kier alpha value is -1.65. The summed E-state index contributed by atoms with van der Waals surface area (Å²) < 4.78 is 6.13. The fourth-order valence-electron chi connectivity index (χ4n) is 11.1. The van der Waals surface area contributed by atoms with E-state index in [1.165, 1.54) is 70.6 Å². The van der Waals surface area contributed by atoms with Crippen LogP contribution < -0.4 is 0 Å². The highest BCUT2D eigenvalue weighted by Crippen LogP contribution is 2.73. The van der Waals surface area contributed by atoms with Crippen molar-refractivity contribution in [2.75, 3.05) is 0 Å². The summed E-state index contributed by atoms with van der Waals surface area (Å²) in [5.74, 6) is 3.41. The molecule has 5 unspecified atom stereocenters. The van der Waals surface area contributed by atoms with Gasteiger partial charge in [-0.3, -0.25) is 4.79 Å². The molecule has 1 saturated heterocycles. The number of esters is 1. The van der Waals surface area contributed by atoms with Crippen molar-refractivity contribution >= 4 is 5.97 Å². The van der Waals surface area contributed by atoms with Crippen molar-refractivity contribution in [2.45, 2.75) is 188 Å². The first-order valence-electron chi connectivity index (χ1n) is 21.3. The number of carbonyl (C=O) groups is 1. The molecule has 2 spiro atoms. The molecule has 2 aliphatic heterocycles. The van der Waals surface area contributed by atoms with Crippen LogP contribution in [0.15, 0.2) is 48.6 Å². The summed E-state index contributed by atoms with van der Waals surface area (Å²) in [4.78, 5) is 26.2. The van der Waals surface area contributed by atoms with Gasteiger partial charge in [0.05, 0.1) is 0 Å². The first-order chi connectivity index (χ1) is 24.0. The summed E-state index contributed by atoms with van der Waals surface area (Å²) in [5, 5.41) is 0. The molecule has 0 radical (unpaired) electrons. The third kappa shape index (κ3) is 8.27. The van der Waals surface area contributed by atoms with E-state index in [2.05, 4.69) is 97.1 Å². The minimum atomic E-state index is -0.503. The Bertz CT molecular complexity index is 1210. The summed E-state index contributed by atoms with van der Waals surface area (Å²) in [6.07, 6.45) is 40.1. The van der Waals surface area contributed by atoms with Crippen LogP contribution in [0.4, 0.5) is 0 Å². The molecule has 6 rings (SSSR count). The van der Waals surface area contributed by atoms with Crippen LogP contribution in [-0.4, -0.2) is 23.3 Å². The maximum absolute atomic E-state index is 12.9. The lowest BCUT2D eigenvalue weighted by atomic mass is 9.42. The highest BCUT2D eigenvalue weighted by atomic mass is 17.2. The van der Waals surface area contributed by atoms with Crippen LogP contribution in [0.5, 0.6) is 0 Å². The fraction of sp³-hybridized carbons (Fsp3) is 0.804. The predicted octanol–water partition coefficient (Wildman–Crippen LogP) is 12.8. The molecule has 0 aromatic carbocycles. The van der Waals surface area contributed by atoms with Crippen LogP contribution in [-0.2, 0) is 19.3 Å². The quantitative estimate of drug-likeness (QED) is 0.0586. The zero-order chi connectivity index (χ0) is 35.8. The Labute approximate surface area is 307 Å². The first-order valence-corrected chi connectivity index (χ1v) is 21.3. The molecule has 50 heavy (non-hydrogen) atoms. The first kappa shape index (κ1) is 39.6. The van der Waals surface area contributed by atoms with Gasteiger partial charge in [0, 0.05) is 30.1 Å². The molecule has 4 heteroatoms. The van der Waals surface area contributed by atoms with Crippen molar-refractivity contribution in [3.8, 4) is 0 Å². The van der Waals surface area contributed by atoms with Crippen LogP contribution in [0.3, 0.4) is 0 Å². The third-order valence-electron chi connectivity index (χ3n) is 14.7. The summed E-state index contributed by atoms with van der Waals surface area (Å²) in [7, 11) is 0. The zero-order valence-electron chi connectivity index (χ0n) is 33.2. The molecule has 4 fully saturated rings. The minimum absolute atomic E-state index is 0.000669. The monoisotopic (exact) mass is 691 g/mol. The molecule has 0 aromatic rings. The Morgan fingerprint density at radius 1 is 0.800 bits per heavy atom. The third-order valence-corrected chi connectivity index (χ3v) is 14.7.